The number of amides is 1. The maximum atomic E-state index is 12.7. The second-order valence-electron chi connectivity index (χ2n) is 5.72. The Bertz CT molecular complexity index is 862. The van der Waals surface area contributed by atoms with Gasteiger partial charge in [-0.05, 0) is 18.6 Å². The van der Waals surface area contributed by atoms with Gasteiger partial charge in [-0.3, -0.25) is 9.89 Å². The Morgan fingerprint density at radius 3 is 2.96 bits per heavy atom. The number of nitrogens with zero attached hydrogens (tertiary/aromatic N) is 3. The van der Waals surface area contributed by atoms with Crippen molar-refractivity contribution >= 4 is 15.7 Å². The molecule has 1 atom stereocenters. The van der Waals surface area contributed by atoms with Crippen molar-refractivity contribution in [2.24, 2.45) is 0 Å². The zero-order chi connectivity index (χ0) is 17.3. The number of aromatic nitrogens is 3. The molecule has 3 rings (SSSR count). The number of H-pyrrole nitrogens is 1. The average molecular weight is 350 g/mol. The van der Waals surface area contributed by atoms with Crippen molar-refractivity contribution < 1.29 is 17.9 Å². The van der Waals surface area contributed by atoms with E-state index in [1.165, 1.54) is 13.3 Å². The lowest BCUT2D eigenvalue weighted by Crippen LogP contribution is -2.29. The maximum absolute atomic E-state index is 12.7. The lowest BCUT2D eigenvalue weighted by Gasteiger charge is -2.17. The number of methoxy groups -OCH3 is 1. The third-order valence-corrected chi connectivity index (χ3v) is 5.23. The molecule has 2 aromatic rings. The average Bonchev–Trinajstić information content (AvgIpc) is 3.22. The fourth-order valence-corrected chi connectivity index (χ4v) is 3.80. The van der Waals surface area contributed by atoms with Crippen molar-refractivity contribution in [3.63, 3.8) is 0 Å². The van der Waals surface area contributed by atoms with Gasteiger partial charge in [-0.2, -0.15) is 5.10 Å². The summed E-state index contributed by atoms with van der Waals surface area (Å²) in [6.07, 6.45) is 4.70. The van der Waals surface area contributed by atoms with E-state index < -0.39 is 9.84 Å². The van der Waals surface area contributed by atoms with E-state index in [4.69, 9.17) is 4.74 Å². The summed E-state index contributed by atoms with van der Waals surface area (Å²) in [6.45, 7) is 0.950. The van der Waals surface area contributed by atoms with Gasteiger partial charge in [-0.15, -0.1) is 0 Å². The molecule has 0 saturated carbocycles. The fourth-order valence-electron chi connectivity index (χ4n) is 2.94. The van der Waals surface area contributed by atoms with Gasteiger partial charge in [0.15, 0.2) is 9.84 Å². The van der Waals surface area contributed by atoms with Crippen LogP contribution in [0.25, 0.3) is 0 Å². The number of carbonyl (C=O) groups excluding carboxylic acids is 1. The standard InChI is InChI=1S/C15H18N4O4S/c1-23-14-11(4-3-6-16-14)15(20)19-7-5-10(9-19)13-12(8-17-18-13)24(2,21)22/h3-4,6,8,10H,5,7,9H2,1-2H3,(H,17,18). The molecule has 1 N–H and O–H groups in total. The topological polar surface area (TPSA) is 105 Å². The van der Waals surface area contributed by atoms with Gasteiger partial charge >= 0.3 is 0 Å². The van der Waals surface area contributed by atoms with Gasteiger partial charge in [0.25, 0.3) is 5.91 Å². The van der Waals surface area contributed by atoms with Gasteiger partial charge in [-0.1, -0.05) is 0 Å². The third kappa shape index (κ3) is 2.99. The highest BCUT2D eigenvalue weighted by atomic mass is 32.2. The summed E-state index contributed by atoms with van der Waals surface area (Å²) in [4.78, 5) is 18.6. The van der Waals surface area contributed by atoms with E-state index in [9.17, 15) is 13.2 Å². The molecule has 128 valence electrons. The maximum Gasteiger partial charge on any atom is 0.259 e. The first-order valence-corrected chi connectivity index (χ1v) is 9.32. The van der Waals surface area contributed by atoms with Crippen molar-refractivity contribution in [2.75, 3.05) is 26.5 Å². The molecule has 24 heavy (non-hydrogen) atoms. The van der Waals surface area contributed by atoms with Crippen LogP contribution in [0, 0.1) is 0 Å². The van der Waals surface area contributed by atoms with Gasteiger partial charge in [0.05, 0.1) is 19.0 Å². The predicted octanol–water partition coefficient (Wildman–Crippen LogP) is 0.847. The number of pyridine rings is 1. The molecule has 3 heterocycles. The van der Waals surface area contributed by atoms with Crippen LogP contribution in [0.15, 0.2) is 29.4 Å². The zero-order valence-electron chi connectivity index (χ0n) is 13.4. The first-order valence-electron chi connectivity index (χ1n) is 7.43. The first kappa shape index (κ1) is 16.4. The lowest BCUT2D eigenvalue weighted by molar-refractivity contribution is 0.0786. The van der Waals surface area contributed by atoms with E-state index in [1.807, 2.05) is 0 Å². The minimum Gasteiger partial charge on any atom is -0.480 e. The molecular formula is C15H18N4O4S. The molecule has 1 aliphatic rings. The van der Waals surface area contributed by atoms with E-state index in [-0.39, 0.29) is 22.6 Å². The van der Waals surface area contributed by atoms with Crippen LogP contribution in [0.3, 0.4) is 0 Å². The Kier molecular flexibility index (Phi) is 4.27. The molecule has 1 aliphatic heterocycles. The molecule has 2 aromatic heterocycles. The highest BCUT2D eigenvalue weighted by molar-refractivity contribution is 7.90. The molecule has 9 heteroatoms. The summed E-state index contributed by atoms with van der Waals surface area (Å²) in [5.41, 5.74) is 0.958. The normalized spacial score (nSPS) is 17.9. The van der Waals surface area contributed by atoms with Crippen LogP contribution in [0.4, 0.5) is 0 Å². The van der Waals surface area contributed by atoms with E-state index in [2.05, 4.69) is 15.2 Å². The van der Waals surface area contributed by atoms with Gasteiger partial charge in [-0.25, -0.2) is 13.4 Å². The van der Waals surface area contributed by atoms with E-state index >= 15 is 0 Å². The number of aromatic amines is 1. The Morgan fingerprint density at radius 2 is 2.25 bits per heavy atom. The van der Waals surface area contributed by atoms with Crippen LogP contribution in [-0.2, 0) is 9.84 Å². The molecule has 1 fully saturated rings. The summed E-state index contributed by atoms with van der Waals surface area (Å²) in [5, 5.41) is 6.62. The molecule has 1 saturated heterocycles. The quantitative estimate of drug-likeness (QED) is 0.876. The minimum atomic E-state index is -3.36. The van der Waals surface area contributed by atoms with E-state index in [1.54, 1.807) is 23.2 Å². The second-order valence-corrected chi connectivity index (χ2v) is 7.70. The van der Waals surface area contributed by atoms with Gasteiger partial charge < -0.3 is 9.64 Å². The summed E-state index contributed by atoms with van der Waals surface area (Å²) < 4.78 is 28.8. The molecule has 0 aromatic carbocycles. The van der Waals surface area contributed by atoms with Gasteiger partial charge in [0, 0.05) is 31.5 Å². The van der Waals surface area contributed by atoms with Crippen molar-refractivity contribution in [3.8, 4) is 5.88 Å². The van der Waals surface area contributed by atoms with Crippen LogP contribution in [0.1, 0.15) is 28.4 Å². The van der Waals surface area contributed by atoms with E-state index in [0.717, 1.165) is 6.26 Å². The SMILES string of the molecule is COc1ncccc1C(=O)N1CCC(c2[nH]ncc2S(C)(=O)=O)C1. The van der Waals surface area contributed by atoms with Crippen LogP contribution < -0.4 is 4.74 Å². The molecule has 1 unspecified atom stereocenters. The summed E-state index contributed by atoms with van der Waals surface area (Å²) >= 11 is 0. The van der Waals surface area contributed by atoms with Crippen molar-refractivity contribution in [1.29, 1.82) is 0 Å². The number of sulfone groups is 1. The van der Waals surface area contributed by atoms with Gasteiger partial charge in [0.2, 0.25) is 5.88 Å². The zero-order valence-corrected chi connectivity index (χ0v) is 14.2. The number of carbonyl (C=O) groups is 1. The van der Waals surface area contributed by atoms with Gasteiger partial charge in [0.1, 0.15) is 10.5 Å². The summed E-state index contributed by atoms with van der Waals surface area (Å²) in [5.74, 6) is 0.0102. The fraction of sp³-hybridized carbons (Fsp3) is 0.400. The van der Waals surface area contributed by atoms with Crippen molar-refractivity contribution in [2.45, 2.75) is 17.2 Å². The summed E-state index contributed by atoms with van der Waals surface area (Å²) in [6, 6.07) is 3.35. The molecule has 0 bridgehead atoms. The van der Waals surface area contributed by atoms with Crippen molar-refractivity contribution in [3.05, 3.63) is 35.8 Å². The van der Waals surface area contributed by atoms with Crippen molar-refractivity contribution in [1.82, 2.24) is 20.1 Å². The number of rotatable bonds is 4. The molecule has 0 spiro atoms. The molecule has 0 radical (unpaired) electrons. The Balaban J connectivity index is 1.81. The van der Waals surface area contributed by atoms with Crippen LogP contribution in [0.5, 0.6) is 5.88 Å². The number of nitrogens with one attached hydrogen (secondary N) is 1. The number of hydrogen-bond donors (Lipinski definition) is 1. The predicted molar refractivity (Wildman–Crippen MR) is 85.7 cm³/mol. The van der Waals surface area contributed by atoms with Crippen LogP contribution >= 0.6 is 0 Å². The Labute approximate surface area is 139 Å². The molecule has 8 nitrogen and oxygen atoms in total. The largest absolute Gasteiger partial charge is 0.480 e. The Morgan fingerprint density at radius 1 is 1.46 bits per heavy atom. The molecular weight excluding hydrogens is 332 g/mol. The summed E-state index contributed by atoms with van der Waals surface area (Å²) in [7, 11) is -1.89. The smallest absolute Gasteiger partial charge is 0.259 e. The second kappa shape index (κ2) is 6.23. The number of likely N-dealkylation sites (tertiary alicyclic amines) is 1. The third-order valence-electron chi connectivity index (χ3n) is 4.11. The van der Waals surface area contributed by atoms with E-state index in [0.29, 0.717) is 30.8 Å². The lowest BCUT2D eigenvalue weighted by atomic mass is 10.1. The highest BCUT2D eigenvalue weighted by Crippen LogP contribution is 2.31. The first-order chi connectivity index (χ1) is 11.4. The van der Waals surface area contributed by atoms with Crippen LogP contribution in [0.2, 0.25) is 0 Å². The number of ether oxygens (including phenoxy) is 1. The monoisotopic (exact) mass is 350 g/mol. The highest BCUT2D eigenvalue weighted by Gasteiger charge is 2.33. The minimum absolute atomic E-state index is 0.0937. The number of hydrogen-bond acceptors (Lipinski definition) is 6. The van der Waals surface area contributed by atoms with Crippen LogP contribution in [-0.4, -0.2) is 60.9 Å². The molecule has 1 amide bonds. The Hall–Kier alpha value is -2.42. The molecule has 0 aliphatic carbocycles.